The third-order valence-electron chi connectivity index (χ3n) is 3.81. The third kappa shape index (κ3) is 3.86. The first-order valence-electron chi connectivity index (χ1n) is 7.47. The van der Waals surface area contributed by atoms with Gasteiger partial charge in [0.25, 0.3) is 0 Å². The minimum Gasteiger partial charge on any atom is -0.304 e. The highest BCUT2D eigenvalue weighted by atomic mass is 35.5. The summed E-state index contributed by atoms with van der Waals surface area (Å²) >= 11 is 5.92. The Morgan fingerprint density at radius 1 is 1.08 bits per heavy atom. The second-order valence-corrected chi connectivity index (χ2v) is 8.00. The molecular formula is C18H16ClNO3S. The fourth-order valence-corrected chi connectivity index (χ4v) is 4.09. The van der Waals surface area contributed by atoms with Gasteiger partial charge in [-0.05, 0) is 35.9 Å². The summed E-state index contributed by atoms with van der Waals surface area (Å²) in [7, 11) is -3.26. The molecule has 1 aliphatic heterocycles. The van der Waals surface area contributed by atoms with Crippen LogP contribution in [0.1, 0.15) is 5.56 Å². The van der Waals surface area contributed by atoms with Crippen LogP contribution in [0.5, 0.6) is 0 Å². The van der Waals surface area contributed by atoms with Crippen molar-refractivity contribution in [3.63, 3.8) is 0 Å². The summed E-state index contributed by atoms with van der Waals surface area (Å²) in [4.78, 5) is 14.4. The molecule has 0 N–H and O–H groups in total. The molecule has 2 aromatic rings. The van der Waals surface area contributed by atoms with Gasteiger partial charge < -0.3 is 4.90 Å². The molecular weight excluding hydrogens is 346 g/mol. The topological polar surface area (TPSA) is 54.5 Å². The van der Waals surface area contributed by atoms with Gasteiger partial charge in [0, 0.05) is 16.1 Å². The summed E-state index contributed by atoms with van der Waals surface area (Å²) in [5.74, 6) is -0.258. The van der Waals surface area contributed by atoms with Crippen LogP contribution in [-0.4, -0.2) is 26.1 Å². The molecule has 0 aromatic heterocycles. The number of carbonyl (C=O) groups excluding carboxylic acids is 1. The van der Waals surface area contributed by atoms with Crippen molar-refractivity contribution in [3.05, 3.63) is 76.7 Å². The number of benzene rings is 2. The Morgan fingerprint density at radius 3 is 2.33 bits per heavy atom. The lowest BCUT2D eigenvalue weighted by Crippen LogP contribution is -2.42. The van der Waals surface area contributed by atoms with Gasteiger partial charge in [-0.2, -0.15) is 0 Å². The Morgan fingerprint density at radius 2 is 1.75 bits per heavy atom. The number of sulfone groups is 1. The average Bonchev–Trinajstić information content (AvgIpc) is 2.90. The van der Waals surface area contributed by atoms with E-state index in [1.807, 2.05) is 30.3 Å². The Hall–Kier alpha value is -2.11. The van der Waals surface area contributed by atoms with Crippen molar-refractivity contribution in [2.24, 2.45) is 0 Å². The lowest BCUT2D eigenvalue weighted by Gasteiger charge is -2.28. The molecule has 0 saturated carbocycles. The van der Waals surface area contributed by atoms with E-state index in [9.17, 15) is 13.2 Å². The Labute approximate surface area is 146 Å². The van der Waals surface area contributed by atoms with E-state index in [1.165, 1.54) is 10.3 Å². The molecule has 0 radical (unpaired) electrons. The highest BCUT2D eigenvalue weighted by Gasteiger charge is 2.31. The molecule has 1 aliphatic rings. The molecule has 24 heavy (non-hydrogen) atoms. The quantitative estimate of drug-likeness (QED) is 0.840. The van der Waals surface area contributed by atoms with Crippen molar-refractivity contribution in [1.82, 2.24) is 0 Å². The molecule has 0 aliphatic carbocycles. The van der Waals surface area contributed by atoms with Crippen molar-refractivity contribution in [1.29, 1.82) is 0 Å². The van der Waals surface area contributed by atoms with Crippen molar-refractivity contribution in [2.45, 2.75) is 12.5 Å². The van der Waals surface area contributed by atoms with Gasteiger partial charge in [0.15, 0.2) is 9.84 Å². The number of hydrogen-bond acceptors (Lipinski definition) is 3. The number of carbonyl (C=O) groups is 1. The van der Waals surface area contributed by atoms with Crippen LogP contribution in [0.3, 0.4) is 0 Å². The fraction of sp³-hybridized carbons (Fsp3) is 0.167. The molecule has 0 bridgehead atoms. The molecule has 0 fully saturated rings. The van der Waals surface area contributed by atoms with E-state index >= 15 is 0 Å². The predicted octanol–water partition coefficient (Wildman–Crippen LogP) is 3.23. The number of nitrogens with zero attached hydrogens (tertiary/aromatic N) is 1. The zero-order valence-corrected chi connectivity index (χ0v) is 14.4. The molecule has 124 valence electrons. The second-order valence-electron chi connectivity index (χ2n) is 5.63. The number of anilines is 1. The Kier molecular flexibility index (Phi) is 4.73. The molecule has 0 saturated heterocycles. The lowest BCUT2D eigenvalue weighted by atomic mass is 10.1. The maximum Gasteiger partial charge on any atom is 0.231 e. The summed E-state index contributed by atoms with van der Waals surface area (Å²) in [5.41, 5.74) is 1.51. The molecule has 6 heteroatoms. The second kappa shape index (κ2) is 6.79. The third-order valence-corrected chi connectivity index (χ3v) is 5.44. The van der Waals surface area contributed by atoms with Crippen LogP contribution in [0, 0.1) is 0 Å². The first-order chi connectivity index (χ1) is 11.4. The molecule has 1 amide bonds. The smallest absolute Gasteiger partial charge is 0.231 e. The first kappa shape index (κ1) is 16.7. The van der Waals surface area contributed by atoms with E-state index in [0.717, 1.165) is 5.56 Å². The van der Waals surface area contributed by atoms with Crippen molar-refractivity contribution in [3.8, 4) is 0 Å². The van der Waals surface area contributed by atoms with Gasteiger partial charge in [0.05, 0.1) is 18.2 Å². The van der Waals surface area contributed by atoms with Crippen LogP contribution in [0.15, 0.2) is 66.1 Å². The van der Waals surface area contributed by atoms with Gasteiger partial charge >= 0.3 is 0 Å². The normalized spacial score (nSPS) is 18.5. The van der Waals surface area contributed by atoms with Crippen LogP contribution in [0.4, 0.5) is 5.69 Å². The Bertz CT molecular complexity index is 861. The number of amides is 1. The molecule has 3 rings (SSSR count). The Balaban J connectivity index is 1.91. The van der Waals surface area contributed by atoms with Crippen LogP contribution in [0.2, 0.25) is 5.02 Å². The molecule has 0 spiro atoms. The minimum absolute atomic E-state index is 0.101. The first-order valence-corrected chi connectivity index (χ1v) is 9.56. The number of hydrogen-bond donors (Lipinski definition) is 0. The van der Waals surface area contributed by atoms with Crippen LogP contribution in [0.25, 0.3) is 0 Å². The summed E-state index contributed by atoms with van der Waals surface area (Å²) in [5, 5.41) is 1.74. The van der Waals surface area contributed by atoms with Crippen molar-refractivity contribution < 1.29 is 13.2 Å². The number of rotatable bonds is 4. The molecule has 1 unspecified atom stereocenters. The average molecular weight is 362 g/mol. The molecule has 1 atom stereocenters. The highest BCUT2D eigenvalue weighted by Crippen LogP contribution is 2.25. The van der Waals surface area contributed by atoms with Crippen molar-refractivity contribution >= 4 is 33.0 Å². The highest BCUT2D eigenvalue weighted by molar-refractivity contribution is 7.94. The maximum absolute atomic E-state index is 12.9. The standard InChI is InChI=1S/C18H16ClNO3S/c19-15-6-8-16(9-7-15)20(17-10-11-24(22,23)13-17)18(21)12-14-4-2-1-3-5-14/h1-11,17H,12-13H2. The minimum atomic E-state index is -3.26. The van der Waals surface area contributed by atoms with Crippen molar-refractivity contribution in [2.75, 3.05) is 10.7 Å². The van der Waals surface area contributed by atoms with Crippen LogP contribution >= 0.6 is 11.6 Å². The summed E-state index contributed by atoms with van der Waals surface area (Å²) in [6.45, 7) is 0. The van der Waals surface area contributed by atoms with Crippen LogP contribution < -0.4 is 4.90 Å². The summed E-state index contributed by atoms with van der Waals surface area (Å²) < 4.78 is 23.5. The maximum atomic E-state index is 12.9. The molecule has 4 nitrogen and oxygen atoms in total. The lowest BCUT2D eigenvalue weighted by molar-refractivity contribution is -0.118. The monoisotopic (exact) mass is 361 g/mol. The van der Waals surface area contributed by atoms with E-state index in [4.69, 9.17) is 11.6 Å². The molecule has 2 aromatic carbocycles. The van der Waals surface area contributed by atoms with Crippen LogP contribution in [-0.2, 0) is 21.1 Å². The van der Waals surface area contributed by atoms with E-state index in [2.05, 4.69) is 0 Å². The number of halogens is 1. The van der Waals surface area contributed by atoms with E-state index in [-0.39, 0.29) is 18.1 Å². The van der Waals surface area contributed by atoms with Gasteiger partial charge in [-0.25, -0.2) is 8.42 Å². The molecule has 1 heterocycles. The summed E-state index contributed by atoms with van der Waals surface area (Å²) in [6.07, 6.45) is 1.76. The zero-order chi connectivity index (χ0) is 17.2. The van der Waals surface area contributed by atoms with Gasteiger partial charge in [-0.1, -0.05) is 41.9 Å². The predicted molar refractivity (Wildman–Crippen MR) is 95.8 cm³/mol. The van der Waals surface area contributed by atoms with Gasteiger partial charge in [0.1, 0.15) is 0 Å². The van der Waals surface area contributed by atoms with E-state index < -0.39 is 15.9 Å². The SMILES string of the molecule is O=C(Cc1ccccc1)N(c1ccc(Cl)cc1)C1C=CS(=O)(=O)C1. The van der Waals surface area contributed by atoms with Gasteiger partial charge in [0.2, 0.25) is 5.91 Å². The largest absolute Gasteiger partial charge is 0.304 e. The van der Waals surface area contributed by atoms with Gasteiger partial charge in [-0.3, -0.25) is 4.79 Å². The summed E-state index contributed by atoms with van der Waals surface area (Å²) in [6, 6.07) is 15.7. The fourth-order valence-electron chi connectivity index (χ4n) is 2.70. The van der Waals surface area contributed by atoms with Gasteiger partial charge in [-0.15, -0.1) is 0 Å². The van der Waals surface area contributed by atoms with E-state index in [1.54, 1.807) is 30.3 Å². The van der Waals surface area contributed by atoms with E-state index in [0.29, 0.717) is 10.7 Å². The zero-order valence-electron chi connectivity index (χ0n) is 12.8.